The smallest absolute Gasteiger partial charge is 0.246 e. The van der Waals surface area contributed by atoms with Crippen LogP contribution >= 0.6 is 11.6 Å². The van der Waals surface area contributed by atoms with E-state index in [0.717, 1.165) is 11.1 Å². The van der Waals surface area contributed by atoms with E-state index in [2.05, 4.69) is 5.32 Å². The van der Waals surface area contributed by atoms with Crippen molar-refractivity contribution in [3.63, 3.8) is 0 Å². The molecule has 1 aliphatic heterocycles. The molecule has 1 atom stereocenters. The minimum Gasteiger partial charge on any atom is -0.495 e. The maximum atomic E-state index is 13.1. The van der Waals surface area contributed by atoms with Crippen LogP contribution in [-0.4, -0.2) is 38.8 Å². The highest BCUT2D eigenvalue weighted by molar-refractivity contribution is 7.89. The number of aryl methyl sites for hydroxylation is 1. The highest BCUT2D eigenvalue weighted by atomic mass is 35.5. The zero-order valence-corrected chi connectivity index (χ0v) is 19.0. The standard InChI is InChI=1S/C22H27ClN2O4S/c1-15-4-9-20(29-3)21(14-15)30(27,28)25-12-10-18(11-13-25)22(26)24-16(2)17-5-7-19(23)8-6-17/h4-9,14,16,18H,10-13H2,1-3H3,(H,24,26)/t16-/m1/s1. The van der Waals surface area contributed by atoms with Crippen molar-refractivity contribution in [2.75, 3.05) is 20.2 Å². The molecule has 1 aliphatic rings. The first kappa shape index (κ1) is 22.6. The van der Waals surface area contributed by atoms with Crippen LogP contribution in [0.5, 0.6) is 5.75 Å². The number of amides is 1. The number of nitrogens with one attached hydrogen (secondary N) is 1. The Morgan fingerprint density at radius 3 is 2.40 bits per heavy atom. The molecular formula is C22H27ClN2O4S. The zero-order chi connectivity index (χ0) is 21.9. The molecule has 1 N–H and O–H groups in total. The maximum absolute atomic E-state index is 13.1. The van der Waals surface area contributed by atoms with Gasteiger partial charge >= 0.3 is 0 Å². The van der Waals surface area contributed by atoms with E-state index in [1.165, 1.54) is 11.4 Å². The predicted octanol–water partition coefficient (Wildman–Crippen LogP) is 3.94. The molecule has 30 heavy (non-hydrogen) atoms. The third-order valence-electron chi connectivity index (χ3n) is 5.49. The fourth-order valence-electron chi connectivity index (χ4n) is 3.65. The van der Waals surface area contributed by atoms with Crippen molar-refractivity contribution < 1.29 is 17.9 Å². The number of hydrogen-bond acceptors (Lipinski definition) is 4. The summed E-state index contributed by atoms with van der Waals surface area (Å²) in [5.74, 6) is 0.0606. The lowest BCUT2D eigenvalue weighted by Crippen LogP contribution is -2.43. The Kier molecular flexibility index (Phi) is 7.06. The molecule has 0 radical (unpaired) electrons. The number of ether oxygens (including phenoxy) is 1. The number of benzene rings is 2. The number of rotatable bonds is 6. The molecule has 8 heteroatoms. The Hall–Kier alpha value is -2.09. The molecule has 1 saturated heterocycles. The van der Waals surface area contributed by atoms with Crippen molar-refractivity contribution in [1.82, 2.24) is 9.62 Å². The van der Waals surface area contributed by atoms with E-state index < -0.39 is 10.0 Å². The van der Waals surface area contributed by atoms with E-state index in [0.29, 0.717) is 36.7 Å². The van der Waals surface area contributed by atoms with Crippen molar-refractivity contribution in [1.29, 1.82) is 0 Å². The normalized spacial score (nSPS) is 16.8. The van der Waals surface area contributed by atoms with Gasteiger partial charge in [-0.25, -0.2) is 8.42 Å². The van der Waals surface area contributed by atoms with Gasteiger partial charge in [-0.15, -0.1) is 0 Å². The molecule has 0 saturated carbocycles. The minimum atomic E-state index is -3.68. The molecule has 0 bridgehead atoms. The van der Waals surface area contributed by atoms with Gasteiger partial charge in [0, 0.05) is 24.0 Å². The summed E-state index contributed by atoms with van der Waals surface area (Å²) in [6, 6.07) is 12.3. The van der Waals surface area contributed by atoms with Gasteiger partial charge < -0.3 is 10.1 Å². The first-order valence-electron chi connectivity index (χ1n) is 9.93. The van der Waals surface area contributed by atoms with Crippen LogP contribution in [0.4, 0.5) is 0 Å². The molecule has 6 nitrogen and oxygen atoms in total. The van der Waals surface area contributed by atoms with Gasteiger partial charge in [-0.3, -0.25) is 4.79 Å². The maximum Gasteiger partial charge on any atom is 0.246 e. The fraction of sp³-hybridized carbons (Fsp3) is 0.409. The van der Waals surface area contributed by atoms with Gasteiger partial charge in [0.25, 0.3) is 0 Å². The number of carbonyl (C=O) groups excluding carboxylic acids is 1. The van der Waals surface area contributed by atoms with Crippen LogP contribution in [0.2, 0.25) is 5.02 Å². The summed E-state index contributed by atoms with van der Waals surface area (Å²) in [6.07, 6.45) is 0.957. The van der Waals surface area contributed by atoms with E-state index in [9.17, 15) is 13.2 Å². The summed E-state index contributed by atoms with van der Waals surface area (Å²) in [6.45, 7) is 4.36. The van der Waals surface area contributed by atoms with Crippen molar-refractivity contribution in [2.24, 2.45) is 5.92 Å². The van der Waals surface area contributed by atoms with Gasteiger partial charge in [-0.2, -0.15) is 4.31 Å². The van der Waals surface area contributed by atoms with Gasteiger partial charge in [-0.1, -0.05) is 29.8 Å². The summed E-state index contributed by atoms with van der Waals surface area (Å²) >= 11 is 5.92. The largest absolute Gasteiger partial charge is 0.495 e. The molecule has 3 rings (SSSR count). The SMILES string of the molecule is COc1ccc(C)cc1S(=O)(=O)N1CCC(C(=O)N[C@H](C)c2ccc(Cl)cc2)CC1. The molecule has 0 spiro atoms. The van der Waals surface area contributed by atoms with Crippen molar-refractivity contribution >= 4 is 27.5 Å². The third-order valence-corrected chi connectivity index (χ3v) is 7.66. The second kappa shape index (κ2) is 9.37. The average Bonchev–Trinajstić information content (AvgIpc) is 2.74. The van der Waals surface area contributed by atoms with Crippen LogP contribution in [0.25, 0.3) is 0 Å². The molecule has 1 fully saturated rings. The topological polar surface area (TPSA) is 75.7 Å². The molecule has 2 aromatic rings. The second-order valence-corrected chi connectivity index (χ2v) is 9.96. The van der Waals surface area contributed by atoms with Gasteiger partial charge in [0.1, 0.15) is 10.6 Å². The van der Waals surface area contributed by atoms with Crippen LogP contribution in [-0.2, 0) is 14.8 Å². The number of halogens is 1. The van der Waals surface area contributed by atoms with Crippen molar-refractivity contribution in [3.05, 3.63) is 58.6 Å². The van der Waals surface area contributed by atoms with Gasteiger partial charge in [-0.05, 0) is 62.1 Å². The van der Waals surface area contributed by atoms with Gasteiger partial charge in [0.05, 0.1) is 13.2 Å². The Bertz CT molecular complexity index is 1000. The lowest BCUT2D eigenvalue weighted by molar-refractivity contribution is -0.126. The predicted molar refractivity (Wildman–Crippen MR) is 117 cm³/mol. The van der Waals surface area contributed by atoms with Crippen LogP contribution < -0.4 is 10.1 Å². The van der Waals surface area contributed by atoms with Crippen molar-refractivity contribution in [2.45, 2.75) is 37.6 Å². The minimum absolute atomic E-state index is 0.0531. The van der Waals surface area contributed by atoms with Crippen LogP contribution in [0.1, 0.15) is 36.9 Å². The number of nitrogens with zero attached hydrogens (tertiary/aromatic N) is 1. The zero-order valence-electron chi connectivity index (χ0n) is 17.4. The Balaban J connectivity index is 1.63. The highest BCUT2D eigenvalue weighted by Gasteiger charge is 2.34. The molecule has 162 valence electrons. The molecule has 0 unspecified atom stereocenters. The molecule has 1 amide bonds. The first-order chi connectivity index (χ1) is 14.2. The van der Waals surface area contributed by atoms with E-state index in [1.54, 1.807) is 24.3 Å². The molecule has 1 heterocycles. The highest BCUT2D eigenvalue weighted by Crippen LogP contribution is 2.30. The number of sulfonamides is 1. The quantitative estimate of drug-likeness (QED) is 0.723. The average molecular weight is 451 g/mol. The fourth-order valence-corrected chi connectivity index (χ4v) is 5.49. The van der Waals surface area contributed by atoms with E-state index in [4.69, 9.17) is 16.3 Å². The summed E-state index contributed by atoms with van der Waals surface area (Å²) in [4.78, 5) is 12.9. The molecule has 2 aromatic carbocycles. The number of carbonyl (C=O) groups is 1. The lowest BCUT2D eigenvalue weighted by Gasteiger charge is -2.31. The number of piperidine rings is 1. The van der Waals surface area contributed by atoms with Gasteiger partial charge in [0.2, 0.25) is 15.9 Å². The Morgan fingerprint density at radius 1 is 1.17 bits per heavy atom. The first-order valence-corrected chi connectivity index (χ1v) is 11.7. The Morgan fingerprint density at radius 2 is 1.80 bits per heavy atom. The molecule has 0 aliphatic carbocycles. The van der Waals surface area contributed by atoms with Crippen LogP contribution in [0.15, 0.2) is 47.4 Å². The van der Waals surface area contributed by atoms with Gasteiger partial charge in [0.15, 0.2) is 0 Å². The summed E-state index contributed by atoms with van der Waals surface area (Å²) in [7, 11) is -2.22. The third kappa shape index (κ3) is 4.96. The molecule has 0 aromatic heterocycles. The number of methoxy groups -OCH3 is 1. The lowest BCUT2D eigenvalue weighted by atomic mass is 9.96. The summed E-state index contributed by atoms with van der Waals surface area (Å²) in [5.41, 5.74) is 1.82. The molecular weight excluding hydrogens is 424 g/mol. The summed E-state index contributed by atoms with van der Waals surface area (Å²) in [5, 5.41) is 3.68. The number of hydrogen-bond donors (Lipinski definition) is 1. The van der Waals surface area contributed by atoms with E-state index in [-0.39, 0.29) is 22.8 Å². The Labute approximate surface area is 183 Å². The van der Waals surface area contributed by atoms with Crippen LogP contribution in [0, 0.1) is 12.8 Å². The van der Waals surface area contributed by atoms with Crippen LogP contribution in [0.3, 0.4) is 0 Å². The van der Waals surface area contributed by atoms with E-state index >= 15 is 0 Å². The second-order valence-electron chi connectivity index (χ2n) is 7.61. The van der Waals surface area contributed by atoms with Crippen molar-refractivity contribution in [3.8, 4) is 5.75 Å². The van der Waals surface area contributed by atoms with E-state index in [1.807, 2.05) is 32.0 Å². The summed E-state index contributed by atoms with van der Waals surface area (Å²) < 4.78 is 32.9. The monoisotopic (exact) mass is 450 g/mol.